The van der Waals surface area contributed by atoms with Gasteiger partial charge in [-0.2, -0.15) is 10.2 Å². The minimum absolute atomic E-state index is 0.00450. The number of nitrogens with zero attached hydrogens (tertiary/aromatic N) is 5. The van der Waals surface area contributed by atoms with E-state index in [1.54, 1.807) is 27.7 Å². The van der Waals surface area contributed by atoms with Gasteiger partial charge in [0.25, 0.3) is 0 Å². The van der Waals surface area contributed by atoms with Crippen LogP contribution in [-0.4, -0.2) is 31.3 Å². The molecule has 0 aliphatic carbocycles. The molecule has 0 unspecified atom stereocenters. The molecule has 7 nitrogen and oxygen atoms in total. The van der Waals surface area contributed by atoms with E-state index in [2.05, 4.69) is 15.0 Å². The molecule has 8 heteroatoms. The number of aromatic nitrogens is 4. The first kappa shape index (κ1) is 16.8. The van der Waals surface area contributed by atoms with Crippen molar-refractivity contribution in [3.8, 4) is 16.9 Å². The highest BCUT2D eigenvalue weighted by Crippen LogP contribution is 2.30. The summed E-state index contributed by atoms with van der Waals surface area (Å²) in [5.41, 5.74) is 8.67. The zero-order valence-corrected chi connectivity index (χ0v) is 14.2. The van der Waals surface area contributed by atoms with Crippen molar-refractivity contribution < 1.29 is 9.50 Å². The molecule has 0 bridgehead atoms. The smallest absolute Gasteiger partial charge is 0.222 e. The maximum atomic E-state index is 14.1. The first-order valence-electron chi connectivity index (χ1n) is 8.20. The molecule has 0 saturated carbocycles. The third-order valence-corrected chi connectivity index (χ3v) is 4.27. The minimum atomic E-state index is -0.588. The molecule has 2 heterocycles. The average Bonchev–Trinajstić information content (AvgIpc) is 3.25. The summed E-state index contributed by atoms with van der Waals surface area (Å²) in [6, 6.07) is 11.7. The SMILES string of the molecule is [C-]#[N+]c1ccc(-c2cc(N)nn2-c2ccc3c(cnn3CCO)c2)cc1F. The number of hydrogen-bond donors (Lipinski definition) is 2. The van der Waals surface area contributed by atoms with E-state index in [0.29, 0.717) is 23.6 Å². The van der Waals surface area contributed by atoms with Crippen molar-refractivity contribution in [2.45, 2.75) is 6.54 Å². The number of nitrogens with two attached hydrogens (primary N) is 1. The second-order valence-corrected chi connectivity index (χ2v) is 5.98. The van der Waals surface area contributed by atoms with Crippen LogP contribution in [0.1, 0.15) is 0 Å². The van der Waals surface area contributed by atoms with E-state index in [1.807, 2.05) is 18.2 Å². The fourth-order valence-corrected chi connectivity index (χ4v) is 3.04. The molecule has 0 spiro atoms. The molecular formula is C19H15FN6O. The molecule has 2 aromatic heterocycles. The lowest BCUT2D eigenvalue weighted by Crippen LogP contribution is -2.03. The number of hydrogen-bond acceptors (Lipinski definition) is 4. The Labute approximate surface area is 153 Å². The van der Waals surface area contributed by atoms with Gasteiger partial charge < -0.3 is 10.8 Å². The van der Waals surface area contributed by atoms with Gasteiger partial charge in [-0.25, -0.2) is 13.9 Å². The molecule has 0 radical (unpaired) electrons. The second-order valence-electron chi connectivity index (χ2n) is 5.98. The van der Waals surface area contributed by atoms with E-state index < -0.39 is 5.82 Å². The number of aliphatic hydroxyl groups is 1. The first-order chi connectivity index (χ1) is 13.1. The Hall–Kier alpha value is -3.70. The van der Waals surface area contributed by atoms with Gasteiger partial charge >= 0.3 is 0 Å². The molecule has 134 valence electrons. The molecular weight excluding hydrogens is 347 g/mol. The molecule has 0 aliphatic heterocycles. The Bertz CT molecular complexity index is 1190. The number of fused-ring (bicyclic) bond motifs is 1. The molecule has 4 rings (SSSR count). The standard InChI is InChI=1S/C19H15FN6O/c1-22-16-4-2-12(9-15(16)20)18-10-19(21)24-26(18)14-3-5-17-13(8-14)11-23-25(17)6-7-27/h2-5,8-11,27H,6-7H2,(H2,21,24). The van der Waals surface area contributed by atoms with Gasteiger partial charge in [0, 0.05) is 17.0 Å². The summed E-state index contributed by atoms with van der Waals surface area (Å²) in [4.78, 5) is 3.14. The van der Waals surface area contributed by atoms with Crippen molar-refractivity contribution in [1.29, 1.82) is 0 Å². The summed E-state index contributed by atoms with van der Waals surface area (Å²) >= 11 is 0. The molecule has 2 aromatic carbocycles. The first-order valence-corrected chi connectivity index (χ1v) is 8.20. The largest absolute Gasteiger partial charge is 0.394 e. The van der Waals surface area contributed by atoms with Crippen molar-refractivity contribution in [2.24, 2.45) is 0 Å². The lowest BCUT2D eigenvalue weighted by molar-refractivity contribution is 0.271. The van der Waals surface area contributed by atoms with Crippen LogP contribution in [0.4, 0.5) is 15.9 Å². The summed E-state index contributed by atoms with van der Waals surface area (Å²) < 4.78 is 17.4. The van der Waals surface area contributed by atoms with Crippen molar-refractivity contribution >= 4 is 22.4 Å². The number of rotatable bonds is 4. The number of aliphatic hydroxyl groups excluding tert-OH is 1. The number of anilines is 1. The van der Waals surface area contributed by atoms with Crippen LogP contribution < -0.4 is 5.73 Å². The highest BCUT2D eigenvalue weighted by Gasteiger charge is 2.14. The Kier molecular flexibility index (Phi) is 4.06. The summed E-state index contributed by atoms with van der Waals surface area (Å²) in [7, 11) is 0. The van der Waals surface area contributed by atoms with E-state index in [9.17, 15) is 4.39 Å². The number of nitrogen functional groups attached to an aromatic ring is 1. The fourth-order valence-electron chi connectivity index (χ4n) is 3.04. The number of halogens is 1. The van der Waals surface area contributed by atoms with Gasteiger partial charge in [0.15, 0.2) is 0 Å². The molecule has 0 aliphatic rings. The second kappa shape index (κ2) is 6.55. The average molecular weight is 362 g/mol. The molecule has 0 atom stereocenters. The predicted molar refractivity (Wildman–Crippen MR) is 100 cm³/mol. The van der Waals surface area contributed by atoms with Crippen LogP contribution in [0.3, 0.4) is 0 Å². The lowest BCUT2D eigenvalue weighted by atomic mass is 10.1. The molecule has 0 saturated heterocycles. The Morgan fingerprint density at radius 3 is 2.78 bits per heavy atom. The van der Waals surface area contributed by atoms with Crippen LogP contribution >= 0.6 is 0 Å². The van der Waals surface area contributed by atoms with Crippen molar-refractivity contribution in [2.75, 3.05) is 12.3 Å². The molecule has 0 fully saturated rings. The maximum Gasteiger partial charge on any atom is 0.222 e. The molecule has 0 amide bonds. The minimum Gasteiger partial charge on any atom is -0.394 e. The van der Waals surface area contributed by atoms with Crippen LogP contribution in [-0.2, 0) is 6.54 Å². The van der Waals surface area contributed by atoms with Gasteiger partial charge in [-0.15, -0.1) is 0 Å². The zero-order chi connectivity index (χ0) is 19.0. The third-order valence-electron chi connectivity index (χ3n) is 4.27. The monoisotopic (exact) mass is 362 g/mol. The van der Waals surface area contributed by atoms with E-state index >= 15 is 0 Å². The van der Waals surface area contributed by atoms with Crippen molar-refractivity contribution in [3.63, 3.8) is 0 Å². The van der Waals surface area contributed by atoms with Crippen LogP contribution in [0.2, 0.25) is 0 Å². The van der Waals surface area contributed by atoms with Gasteiger partial charge in [-0.05, 0) is 24.3 Å². The normalized spacial score (nSPS) is 11.0. The Balaban J connectivity index is 1.82. The Morgan fingerprint density at radius 2 is 2.04 bits per heavy atom. The summed E-state index contributed by atoms with van der Waals surface area (Å²) in [6.07, 6.45) is 1.71. The van der Waals surface area contributed by atoms with Gasteiger partial charge in [0.2, 0.25) is 5.69 Å². The van der Waals surface area contributed by atoms with Gasteiger partial charge in [-0.1, -0.05) is 12.1 Å². The summed E-state index contributed by atoms with van der Waals surface area (Å²) in [5, 5.41) is 18.6. The highest BCUT2D eigenvalue weighted by atomic mass is 19.1. The molecule has 3 N–H and O–H groups in total. The predicted octanol–water partition coefficient (Wildman–Crippen LogP) is 3.15. The van der Waals surface area contributed by atoms with Crippen LogP contribution in [0.25, 0.3) is 32.7 Å². The maximum absolute atomic E-state index is 14.1. The van der Waals surface area contributed by atoms with Crippen molar-refractivity contribution in [3.05, 3.63) is 65.9 Å². The van der Waals surface area contributed by atoms with Crippen LogP contribution in [0.15, 0.2) is 48.7 Å². The van der Waals surface area contributed by atoms with E-state index in [-0.39, 0.29) is 12.3 Å². The zero-order valence-electron chi connectivity index (χ0n) is 14.2. The van der Waals surface area contributed by atoms with E-state index in [0.717, 1.165) is 16.6 Å². The Morgan fingerprint density at radius 1 is 1.19 bits per heavy atom. The lowest BCUT2D eigenvalue weighted by Gasteiger charge is -2.09. The van der Waals surface area contributed by atoms with Gasteiger partial charge in [-0.3, -0.25) is 4.68 Å². The van der Waals surface area contributed by atoms with Gasteiger partial charge in [0.1, 0.15) is 11.6 Å². The van der Waals surface area contributed by atoms with Crippen molar-refractivity contribution in [1.82, 2.24) is 19.6 Å². The van der Waals surface area contributed by atoms with E-state index in [4.69, 9.17) is 17.4 Å². The van der Waals surface area contributed by atoms with Crippen LogP contribution in [0.5, 0.6) is 0 Å². The molecule has 27 heavy (non-hydrogen) atoms. The quantitative estimate of drug-likeness (QED) is 0.546. The highest BCUT2D eigenvalue weighted by molar-refractivity contribution is 5.81. The fraction of sp³-hybridized carbons (Fsp3) is 0.105. The number of benzene rings is 2. The van der Waals surface area contributed by atoms with E-state index in [1.165, 1.54) is 12.1 Å². The summed E-state index contributed by atoms with van der Waals surface area (Å²) in [5.74, 6) is -0.287. The summed E-state index contributed by atoms with van der Waals surface area (Å²) in [6.45, 7) is 7.39. The molecule has 4 aromatic rings. The van der Waals surface area contributed by atoms with Gasteiger partial charge in [0.05, 0.1) is 42.8 Å². The van der Waals surface area contributed by atoms with Crippen LogP contribution in [0, 0.1) is 12.4 Å². The topological polar surface area (TPSA) is 86.2 Å². The third kappa shape index (κ3) is 2.90.